The summed E-state index contributed by atoms with van der Waals surface area (Å²) >= 11 is 0. The highest BCUT2D eigenvalue weighted by molar-refractivity contribution is 7.53. The summed E-state index contributed by atoms with van der Waals surface area (Å²) in [7, 11) is -4.11. The zero-order valence-corrected chi connectivity index (χ0v) is 22.9. The predicted molar refractivity (Wildman–Crippen MR) is 148 cm³/mol. The van der Waals surface area contributed by atoms with Gasteiger partial charge in [0.1, 0.15) is 12.0 Å². The highest BCUT2D eigenvalue weighted by Gasteiger charge is 2.26. The van der Waals surface area contributed by atoms with Gasteiger partial charge in [0.25, 0.3) is 0 Å². The van der Waals surface area contributed by atoms with Crippen LogP contribution in [0.2, 0.25) is 0 Å². The lowest BCUT2D eigenvalue weighted by Crippen LogP contribution is -2.46. The maximum Gasteiger partial charge on any atom is 0.390 e. The minimum Gasteiger partial charge on any atom is -0.466 e. The van der Waals surface area contributed by atoms with Crippen LogP contribution in [0.25, 0.3) is 11.1 Å². The Kier molecular flexibility index (Phi) is 10.7. The molecule has 3 rings (SSSR count). The summed E-state index contributed by atoms with van der Waals surface area (Å²) in [6.07, 6.45) is -0.131. The lowest BCUT2D eigenvalue weighted by atomic mass is 10.0. The van der Waals surface area contributed by atoms with E-state index in [2.05, 4.69) is 10.6 Å². The Hall–Kier alpha value is -3.45. The van der Waals surface area contributed by atoms with Crippen LogP contribution in [0, 0.1) is 13.8 Å². The lowest BCUT2D eigenvalue weighted by Gasteiger charge is -2.21. The fourth-order valence-electron chi connectivity index (χ4n) is 3.79. The molecule has 0 bridgehead atoms. The minimum atomic E-state index is -4.11. The number of rotatable bonds is 13. The Morgan fingerprint density at radius 2 is 1.63 bits per heavy atom. The van der Waals surface area contributed by atoms with Crippen molar-refractivity contribution < 1.29 is 28.3 Å². The highest BCUT2D eigenvalue weighted by Crippen LogP contribution is 2.41. The van der Waals surface area contributed by atoms with Crippen molar-refractivity contribution in [1.29, 1.82) is 0 Å². The molecule has 9 heteroatoms. The van der Waals surface area contributed by atoms with Crippen LogP contribution in [0.15, 0.2) is 72.8 Å². The number of ether oxygens (including phenoxy) is 1. The molecule has 0 aliphatic rings. The van der Waals surface area contributed by atoms with E-state index in [-0.39, 0.29) is 31.7 Å². The van der Waals surface area contributed by atoms with Gasteiger partial charge in [0.2, 0.25) is 5.91 Å². The summed E-state index contributed by atoms with van der Waals surface area (Å²) in [6, 6.07) is 22.0. The Morgan fingerprint density at radius 1 is 0.947 bits per heavy atom. The van der Waals surface area contributed by atoms with Gasteiger partial charge in [-0.25, -0.2) is 4.57 Å². The number of carbonyl (C=O) groups excluding carboxylic acids is 2. The normalized spacial score (nSPS) is 13.3. The first-order valence-electron chi connectivity index (χ1n) is 12.6. The molecule has 2 atom stereocenters. The minimum absolute atomic E-state index is 0.0342. The second-order valence-corrected chi connectivity index (χ2v) is 10.8. The van der Waals surface area contributed by atoms with Gasteiger partial charge in [0, 0.05) is 6.54 Å². The third-order valence-corrected chi connectivity index (χ3v) is 7.09. The molecule has 3 aromatic rings. The summed E-state index contributed by atoms with van der Waals surface area (Å²) in [4.78, 5) is 35.1. The van der Waals surface area contributed by atoms with Gasteiger partial charge in [-0.1, -0.05) is 60.7 Å². The zero-order valence-electron chi connectivity index (χ0n) is 22.0. The fourth-order valence-corrected chi connectivity index (χ4v) is 4.75. The van der Waals surface area contributed by atoms with E-state index in [1.54, 1.807) is 19.1 Å². The SMILES string of the molecule is CCOC(=O)CCNC(=O)[C@H](Cc1ccc(-c2ccccc2)cc1)NCP(=O)(O)Oc1ccc(C)c(C)c1. The number of benzene rings is 3. The van der Waals surface area contributed by atoms with Crippen LogP contribution in [0.1, 0.15) is 30.0 Å². The lowest BCUT2D eigenvalue weighted by molar-refractivity contribution is -0.143. The predicted octanol–water partition coefficient (Wildman–Crippen LogP) is 4.76. The van der Waals surface area contributed by atoms with Crippen LogP contribution in [-0.2, 0) is 25.3 Å². The number of hydrogen-bond acceptors (Lipinski definition) is 6. The van der Waals surface area contributed by atoms with Crippen molar-refractivity contribution in [2.24, 2.45) is 0 Å². The van der Waals surface area contributed by atoms with E-state index in [0.717, 1.165) is 27.8 Å². The Bertz CT molecular complexity index is 1260. The van der Waals surface area contributed by atoms with Crippen molar-refractivity contribution >= 4 is 19.5 Å². The molecule has 0 aliphatic carbocycles. The number of amides is 1. The molecule has 1 unspecified atom stereocenters. The maximum atomic E-state index is 13.0. The van der Waals surface area contributed by atoms with Crippen LogP contribution in [0.5, 0.6) is 5.75 Å². The first-order chi connectivity index (χ1) is 18.2. The fraction of sp³-hybridized carbons (Fsp3) is 0.310. The molecule has 0 spiro atoms. The van der Waals surface area contributed by atoms with Gasteiger partial charge in [-0.2, -0.15) is 0 Å². The van der Waals surface area contributed by atoms with Gasteiger partial charge in [-0.05, 0) is 67.1 Å². The molecule has 3 aromatic carbocycles. The average molecular weight is 539 g/mol. The summed E-state index contributed by atoms with van der Waals surface area (Å²) < 4.78 is 23.1. The molecule has 0 aromatic heterocycles. The van der Waals surface area contributed by atoms with E-state index in [9.17, 15) is 19.0 Å². The summed E-state index contributed by atoms with van der Waals surface area (Å²) in [5.74, 6) is -0.518. The van der Waals surface area contributed by atoms with Crippen LogP contribution >= 0.6 is 7.60 Å². The maximum absolute atomic E-state index is 13.0. The Morgan fingerprint density at radius 3 is 2.29 bits per heavy atom. The molecule has 202 valence electrons. The molecule has 3 N–H and O–H groups in total. The monoisotopic (exact) mass is 538 g/mol. The van der Waals surface area contributed by atoms with Crippen molar-refractivity contribution in [3.63, 3.8) is 0 Å². The molecule has 1 amide bonds. The van der Waals surface area contributed by atoms with E-state index in [0.29, 0.717) is 0 Å². The second kappa shape index (κ2) is 13.9. The molecule has 0 fully saturated rings. The number of hydrogen-bond donors (Lipinski definition) is 3. The van der Waals surface area contributed by atoms with Gasteiger partial charge in [-0.3, -0.25) is 14.9 Å². The van der Waals surface area contributed by atoms with Crippen molar-refractivity contribution in [2.45, 2.75) is 39.7 Å². The van der Waals surface area contributed by atoms with E-state index in [1.165, 1.54) is 0 Å². The topological polar surface area (TPSA) is 114 Å². The molecule has 0 saturated heterocycles. The third-order valence-electron chi connectivity index (χ3n) is 6.01. The average Bonchev–Trinajstić information content (AvgIpc) is 2.89. The van der Waals surface area contributed by atoms with Crippen molar-refractivity contribution in [2.75, 3.05) is 19.4 Å². The molecular weight excluding hydrogens is 503 g/mol. The first-order valence-corrected chi connectivity index (χ1v) is 14.3. The number of nitrogens with one attached hydrogen (secondary N) is 2. The Labute approximate surface area is 223 Å². The van der Waals surface area contributed by atoms with E-state index < -0.39 is 31.8 Å². The largest absolute Gasteiger partial charge is 0.466 e. The highest BCUT2D eigenvalue weighted by atomic mass is 31.2. The van der Waals surface area contributed by atoms with Gasteiger partial charge >= 0.3 is 13.6 Å². The molecule has 38 heavy (non-hydrogen) atoms. The first kappa shape index (κ1) is 29.1. The van der Waals surface area contributed by atoms with Gasteiger partial charge in [0.05, 0.1) is 19.1 Å². The second-order valence-electron chi connectivity index (χ2n) is 9.00. The van der Waals surface area contributed by atoms with Gasteiger partial charge < -0.3 is 19.5 Å². The van der Waals surface area contributed by atoms with Crippen LogP contribution in [0.3, 0.4) is 0 Å². The quantitative estimate of drug-likeness (QED) is 0.212. The van der Waals surface area contributed by atoms with Crippen LogP contribution in [0.4, 0.5) is 0 Å². The molecular formula is C29H35N2O6P. The molecule has 0 heterocycles. The summed E-state index contributed by atoms with van der Waals surface area (Å²) in [5.41, 5.74) is 4.97. The molecule has 0 aliphatic heterocycles. The van der Waals surface area contributed by atoms with Gasteiger partial charge in [-0.15, -0.1) is 0 Å². The Balaban J connectivity index is 1.68. The standard InChI is InChI=1S/C29H35N2O6P/c1-4-36-28(32)16-17-30-29(33)27(19-23-11-13-25(14-12-23)24-8-6-5-7-9-24)31-20-38(34,35)37-26-15-10-21(2)22(3)18-26/h5-15,18,27,31H,4,16-17,19-20H2,1-3H3,(H,30,33)(H,34,35)/t27-/m0/s1. The van der Waals surface area contributed by atoms with Crippen molar-refractivity contribution in [1.82, 2.24) is 10.6 Å². The zero-order chi connectivity index (χ0) is 27.5. The number of carbonyl (C=O) groups is 2. The van der Waals surface area contributed by atoms with Crippen LogP contribution in [-0.4, -0.2) is 42.2 Å². The van der Waals surface area contributed by atoms with E-state index >= 15 is 0 Å². The summed E-state index contributed by atoms with van der Waals surface area (Å²) in [5, 5.41) is 5.61. The van der Waals surface area contributed by atoms with Gasteiger partial charge in [0.15, 0.2) is 0 Å². The number of aryl methyl sites for hydroxylation is 2. The molecule has 8 nitrogen and oxygen atoms in total. The molecule has 0 radical (unpaired) electrons. The van der Waals surface area contributed by atoms with Crippen molar-refractivity contribution in [3.05, 3.63) is 89.5 Å². The molecule has 0 saturated carbocycles. The smallest absolute Gasteiger partial charge is 0.390 e. The number of esters is 1. The summed E-state index contributed by atoms with van der Waals surface area (Å²) in [6.45, 7) is 5.91. The van der Waals surface area contributed by atoms with Crippen LogP contribution < -0.4 is 15.2 Å². The van der Waals surface area contributed by atoms with E-state index in [1.807, 2.05) is 74.5 Å². The third kappa shape index (κ3) is 9.14. The van der Waals surface area contributed by atoms with E-state index in [4.69, 9.17) is 9.26 Å². The van der Waals surface area contributed by atoms with Crippen molar-refractivity contribution in [3.8, 4) is 16.9 Å².